The molecule has 3 aliphatic rings. The van der Waals surface area contributed by atoms with Crippen molar-refractivity contribution in [1.29, 1.82) is 0 Å². The number of fused-ring (bicyclic) bond motifs is 2. The molecule has 1 N–H and O–H groups in total. The van der Waals surface area contributed by atoms with Gasteiger partial charge in [0.1, 0.15) is 18.2 Å². The second-order valence-electron chi connectivity index (χ2n) is 12.8. The summed E-state index contributed by atoms with van der Waals surface area (Å²) in [6, 6.07) is 25.3. The smallest absolute Gasteiger partial charge is 0.318 e. The molecule has 0 bridgehead atoms. The van der Waals surface area contributed by atoms with Crippen molar-refractivity contribution < 1.29 is 9.47 Å². The van der Waals surface area contributed by atoms with Crippen LogP contribution in [-0.4, -0.2) is 72.9 Å². The van der Waals surface area contributed by atoms with Crippen LogP contribution in [0, 0.1) is 6.92 Å². The van der Waals surface area contributed by atoms with E-state index < -0.39 is 0 Å². The van der Waals surface area contributed by atoms with Gasteiger partial charge in [-0.05, 0) is 75.7 Å². The molecule has 1 aromatic heterocycles. The van der Waals surface area contributed by atoms with Crippen LogP contribution in [0.15, 0.2) is 70.6 Å². The number of rotatable bonds is 10. The molecule has 1 atom stereocenters. The van der Waals surface area contributed by atoms with Gasteiger partial charge >= 0.3 is 6.01 Å². The van der Waals surface area contributed by atoms with Gasteiger partial charge in [0.25, 0.3) is 0 Å². The van der Waals surface area contributed by atoms with Crippen LogP contribution in [-0.2, 0) is 19.5 Å². The number of anilines is 2. The summed E-state index contributed by atoms with van der Waals surface area (Å²) in [5.74, 6) is 1.74. The van der Waals surface area contributed by atoms with Crippen molar-refractivity contribution >= 4 is 28.3 Å². The highest BCUT2D eigenvalue weighted by Gasteiger charge is 2.32. The molecular formula is C37H43N7O2. The van der Waals surface area contributed by atoms with E-state index in [9.17, 15) is 0 Å². The first-order valence-corrected chi connectivity index (χ1v) is 16.5. The SMILES string of the molecule is COc1ccccc1CN=C=NC1CC(Nc2nc(OCC3CCCN3C)nc3c2CCN(c2cccc4cccc(C)c24)C3)C1. The minimum absolute atomic E-state index is 0.204. The van der Waals surface area contributed by atoms with E-state index in [1.807, 2.05) is 24.3 Å². The lowest BCUT2D eigenvalue weighted by molar-refractivity contribution is 0.187. The molecule has 0 radical (unpaired) electrons. The fourth-order valence-electron chi connectivity index (χ4n) is 7.01. The topological polar surface area (TPSA) is 87.5 Å². The third kappa shape index (κ3) is 6.43. The highest BCUT2D eigenvalue weighted by atomic mass is 16.5. The van der Waals surface area contributed by atoms with Gasteiger partial charge in [0.05, 0.1) is 37.9 Å². The molecule has 0 amide bonds. The Morgan fingerprint density at radius 3 is 2.70 bits per heavy atom. The third-order valence-corrected chi connectivity index (χ3v) is 9.76. The number of ether oxygens (including phenoxy) is 2. The van der Waals surface area contributed by atoms with Gasteiger partial charge in [0.15, 0.2) is 0 Å². The number of para-hydroxylation sites is 1. The van der Waals surface area contributed by atoms with Gasteiger partial charge in [-0.1, -0.05) is 48.5 Å². The molecular weight excluding hydrogens is 574 g/mol. The number of hydrogen-bond donors (Lipinski definition) is 1. The first kappa shape index (κ1) is 30.2. The van der Waals surface area contributed by atoms with E-state index in [4.69, 9.17) is 19.4 Å². The number of aryl methyl sites for hydroxylation is 1. The highest BCUT2D eigenvalue weighted by Crippen LogP contribution is 2.36. The zero-order chi connectivity index (χ0) is 31.5. The van der Waals surface area contributed by atoms with Crippen molar-refractivity contribution in [3.05, 3.63) is 83.0 Å². The second kappa shape index (κ2) is 13.5. The van der Waals surface area contributed by atoms with Crippen LogP contribution in [0.1, 0.15) is 48.1 Å². The summed E-state index contributed by atoms with van der Waals surface area (Å²) in [4.78, 5) is 23.8. The lowest BCUT2D eigenvalue weighted by Gasteiger charge is -2.35. The predicted octanol–water partition coefficient (Wildman–Crippen LogP) is 6.30. The van der Waals surface area contributed by atoms with E-state index >= 15 is 0 Å². The van der Waals surface area contributed by atoms with Gasteiger partial charge in [0.2, 0.25) is 0 Å². The standard InChI is InChI=1S/C37H43N7O2/c1-25-9-6-11-26-12-7-14-33(35(25)26)44-18-16-31-32(22-44)41-37(46-23-30-13-8-17-43(30)2)42-36(31)40-29-19-28(20-29)39-24-38-21-27-10-4-5-15-34(27)45-3/h4-7,9-12,14-15,28-30H,8,13,16-23H2,1-3H3,(H,40,41,42). The molecule has 3 heterocycles. The summed E-state index contributed by atoms with van der Waals surface area (Å²) in [7, 11) is 3.85. The maximum atomic E-state index is 6.30. The van der Waals surface area contributed by atoms with Crippen LogP contribution in [0.3, 0.4) is 0 Å². The van der Waals surface area contributed by atoms with E-state index in [-0.39, 0.29) is 12.1 Å². The van der Waals surface area contributed by atoms with Gasteiger partial charge in [-0.25, -0.2) is 9.98 Å². The summed E-state index contributed by atoms with van der Waals surface area (Å²) >= 11 is 0. The Hall–Kier alpha value is -4.46. The lowest BCUT2D eigenvalue weighted by Crippen LogP contribution is -2.39. The van der Waals surface area contributed by atoms with Crippen LogP contribution in [0.25, 0.3) is 10.8 Å². The maximum absolute atomic E-state index is 6.30. The molecule has 2 aliphatic heterocycles. The number of aromatic nitrogens is 2. The summed E-state index contributed by atoms with van der Waals surface area (Å²) < 4.78 is 11.7. The Balaban J connectivity index is 1.07. The predicted molar refractivity (Wildman–Crippen MR) is 184 cm³/mol. The number of benzene rings is 3. The fourth-order valence-corrected chi connectivity index (χ4v) is 7.01. The summed E-state index contributed by atoms with van der Waals surface area (Å²) in [6.07, 6.45) is 5.06. The van der Waals surface area contributed by atoms with Crippen LogP contribution in [0.2, 0.25) is 0 Å². The molecule has 1 saturated carbocycles. The van der Waals surface area contributed by atoms with Gasteiger partial charge in [0, 0.05) is 40.8 Å². The number of methoxy groups -OCH3 is 1. The molecule has 9 heteroatoms. The van der Waals surface area contributed by atoms with Crippen molar-refractivity contribution in [2.45, 2.75) is 70.2 Å². The minimum Gasteiger partial charge on any atom is -0.496 e. The van der Waals surface area contributed by atoms with E-state index in [1.54, 1.807) is 7.11 Å². The Morgan fingerprint density at radius 1 is 1.02 bits per heavy atom. The zero-order valence-corrected chi connectivity index (χ0v) is 27.1. The normalized spacial score (nSPS) is 20.8. The van der Waals surface area contributed by atoms with E-state index in [1.165, 1.54) is 34.0 Å². The Bertz CT molecular complexity index is 1760. The first-order chi connectivity index (χ1) is 22.6. The van der Waals surface area contributed by atoms with Crippen molar-refractivity contribution in [2.75, 3.05) is 44.1 Å². The maximum Gasteiger partial charge on any atom is 0.318 e. The Morgan fingerprint density at radius 2 is 1.87 bits per heavy atom. The molecule has 7 rings (SSSR count). The highest BCUT2D eigenvalue weighted by molar-refractivity contribution is 5.97. The average Bonchev–Trinajstić information content (AvgIpc) is 3.48. The molecule has 4 aromatic rings. The minimum atomic E-state index is 0.204. The number of hydrogen-bond acceptors (Lipinski definition) is 9. The van der Waals surface area contributed by atoms with Gasteiger partial charge in [-0.3, -0.25) is 0 Å². The number of nitrogens with zero attached hydrogens (tertiary/aromatic N) is 6. The van der Waals surface area contributed by atoms with E-state index in [0.29, 0.717) is 25.2 Å². The number of nitrogens with one attached hydrogen (secondary N) is 1. The first-order valence-electron chi connectivity index (χ1n) is 16.5. The summed E-state index contributed by atoms with van der Waals surface area (Å²) in [5.41, 5.74) is 5.82. The molecule has 9 nitrogen and oxygen atoms in total. The fraction of sp³-hybridized carbons (Fsp3) is 0.432. The monoisotopic (exact) mass is 617 g/mol. The molecule has 46 heavy (non-hydrogen) atoms. The van der Waals surface area contributed by atoms with E-state index in [2.05, 4.69) is 81.5 Å². The number of likely N-dealkylation sites (N-methyl/N-ethyl adjacent to an activating group) is 1. The average molecular weight is 618 g/mol. The number of aliphatic imine (C=N–C) groups is 2. The van der Waals surface area contributed by atoms with Gasteiger partial charge < -0.3 is 24.6 Å². The van der Waals surface area contributed by atoms with Crippen LogP contribution >= 0.6 is 0 Å². The summed E-state index contributed by atoms with van der Waals surface area (Å²) in [6.45, 7) is 6.05. The molecule has 238 valence electrons. The quantitative estimate of drug-likeness (QED) is 0.209. The van der Waals surface area contributed by atoms with Crippen LogP contribution in [0.5, 0.6) is 11.8 Å². The summed E-state index contributed by atoms with van der Waals surface area (Å²) in [5, 5.41) is 6.33. The van der Waals surface area contributed by atoms with Crippen molar-refractivity contribution in [1.82, 2.24) is 14.9 Å². The zero-order valence-electron chi connectivity index (χ0n) is 27.1. The van der Waals surface area contributed by atoms with Gasteiger partial charge in [-0.15, -0.1) is 0 Å². The second-order valence-corrected chi connectivity index (χ2v) is 12.8. The van der Waals surface area contributed by atoms with Crippen LogP contribution < -0.4 is 19.7 Å². The van der Waals surface area contributed by atoms with Gasteiger partial charge in [-0.2, -0.15) is 9.97 Å². The largest absolute Gasteiger partial charge is 0.496 e. The Kier molecular flexibility index (Phi) is 8.86. The number of likely N-dealkylation sites (tertiary alicyclic amines) is 1. The van der Waals surface area contributed by atoms with E-state index in [0.717, 1.165) is 68.1 Å². The molecule has 0 spiro atoms. The molecule has 1 aliphatic carbocycles. The lowest BCUT2D eigenvalue weighted by atomic mass is 9.87. The molecule has 1 saturated heterocycles. The van der Waals surface area contributed by atoms with Crippen molar-refractivity contribution in [3.63, 3.8) is 0 Å². The molecule has 3 aromatic carbocycles. The Labute approximate surface area is 271 Å². The van der Waals surface area contributed by atoms with Crippen molar-refractivity contribution in [2.24, 2.45) is 9.98 Å². The van der Waals surface area contributed by atoms with Crippen molar-refractivity contribution in [3.8, 4) is 11.8 Å². The third-order valence-electron chi connectivity index (χ3n) is 9.76. The molecule has 2 fully saturated rings. The van der Waals surface area contributed by atoms with Crippen LogP contribution in [0.4, 0.5) is 11.5 Å². The molecule has 1 unspecified atom stereocenters.